The number of benzene rings is 1. The molecular weight excluding hydrogens is 372 g/mol. The molecule has 29 heavy (non-hydrogen) atoms. The van der Waals surface area contributed by atoms with E-state index in [1.807, 2.05) is 37.4 Å². The van der Waals surface area contributed by atoms with Crippen LogP contribution < -0.4 is 14.8 Å². The lowest BCUT2D eigenvalue weighted by atomic mass is 10.0. The van der Waals surface area contributed by atoms with E-state index >= 15 is 0 Å². The number of ketones is 1. The molecule has 2 heterocycles. The molecule has 1 aromatic heterocycles. The number of nitrogens with one attached hydrogen (secondary N) is 1. The highest BCUT2D eigenvalue weighted by atomic mass is 16.6. The zero-order valence-electron chi connectivity index (χ0n) is 17.6. The smallest absolute Gasteiger partial charge is 0.340 e. The second-order valence-corrected chi connectivity index (χ2v) is 7.38. The molecule has 0 bridgehead atoms. The lowest BCUT2D eigenvalue weighted by Crippen LogP contribution is -2.91. The number of fused-ring (bicyclic) bond motifs is 1. The number of aromatic amines is 1. The minimum absolute atomic E-state index is 0.0469. The van der Waals surface area contributed by atoms with E-state index in [4.69, 9.17) is 14.2 Å². The van der Waals surface area contributed by atoms with Crippen molar-refractivity contribution in [3.8, 4) is 11.5 Å². The van der Waals surface area contributed by atoms with Crippen LogP contribution >= 0.6 is 0 Å². The molecule has 0 fully saturated rings. The molecule has 0 spiro atoms. The Morgan fingerprint density at radius 3 is 2.55 bits per heavy atom. The average Bonchev–Trinajstić information content (AvgIpc) is 3.01. The van der Waals surface area contributed by atoms with E-state index in [0.717, 1.165) is 17.1 Å². The Hall–Kier alpha value is -2.80. The molecule has 0 radical (unpaired) electrons. The van der Waals surface area contributed by atoms with Gasteiger partial charge in [0.25, 0.3) is 0 Å². The van der Waals surface area contributed by atoms with Gasteiger partial charge in [-0.05, 0) is 58.4 Å². The number of aryl methyl sites for hydroxylation is 1. The number of rotatable bonds is 7. The molecule has 2 atom stereocenters. The number of carbonyl (C=O) groups is 2. The van der Waals surface area contributed by atoms with Crippen molar-refractivity contribution in [3.05, 3.63) is 46.3 Å². The first-order valence-electron chi connectivity index (χ1n) is 9.98. The second-order valence-electron chi connectivity index (χ2n) is 7.38. The van der Waals surface area contributed by atoms with Crippen molar-refractivity contribution in [2.24, 2.45) is 0 Å². The lowest BCUT2D eigenvalue weighted by molar-refractivity contribution is -0.709. The first kappa shape index (κ1) is 20.9. The maximum atomic E-state index is 13.1. The van der Waals surface area contributed by atoms with Crippen LogP contribution in [0, 0.1) is 13.8 Å². The molecule has 1 aliphatic heterocycles. The summed E-state index contributed by atoms with van der Waals surface area (Å²) in [4.78, 5) is 28.3. The summed E-state index contributed by atoms with van der Waals surface area (Å²) < 4.78 is 16.3. The molecule has 1 aliphatic rings. The first-order valence-corrected chi connectivity index (χ1v) is 9.98. The molecule has 0 saturated heterocycles. The Labute approximate surface area is 170 Å². The van der Waals surface area contributed by atoms with Crippen molar-refractivity contribution in [1.29, 1.82) is 0 Å². The predicted octanol–water partition coefficient (Wildman–Crippen LogP) is 2.48. The summed E-state index contributed by atoms with van der Waals surface area (Å²) >= 11 is 0. The highest BCUT2D eigenvalue weighted by Gasteiger charge is 2.28. The number of hydrogen-bond acceptors (Lipinski definition) is 5. The number of aromatic nitrogens is 1. The fourth-order valence-electron chi connectivity index (χ4n) is 3.71. The molecule has 1 aromatic carbocycles. The molecule has 3 N–H and O–H groups in total. The van der Waals surface area contributed by atoms with E-state index in [-0.39, 0.29) is 17.9 Å². The van der Waals surface area contributed by atoms with Gasteiger partial charge >= 0.3 is 5.97 Å². The highest BCUT2D eigenvalue weighted by Crippen LogP contribution is 2.32. The van der Waals surface area contributed by atoms with Crippen molar-refractivity contribution in [2.75, 3.05) is 19.8 Å². The average molecular weight is 401 g/mol. The van der Waals surface area contributed by atoms with E-state index in [1.165, 1.54) is 0 Å². The van der Waals surface area contributed by atoms with Crippen molar-refractivity contribution >= 4 is 11.8 Å². The Morgan fingerprint density at radius 1 is 1.17 bits per heavy atom. The largest absolute Gasteiger partial charge is 0.486 e. The fraction of sp³-hybridized carbons (Fsp3) is 0.455. The van der Waals surface area contributed by atoms with Crippen LogP contribution in [-0.2, 0) is 4.74 Å². The van der Waals surface area contributed by atoms with Gasteiger partial charge in [-0.1, -0.05) is 0 Å². The third-order valence-corrected chi connectivity index (χ3v) is 5.25. The molecule has 0 unspecified atom stereocenters. The van der Waals surface area contributed by atoms with Crippen molar-refractivity contribution < 1.29 is 29.1 Å². The van der Waals surface area contributed by atoms with E-state index in [0.29, 0.717) is 42.3 Å². The second kappa shape index (κ2) is 8.69. The summed E-state index contributed by atoms with van der Waals surface area (Å²) in [6, 6.07) is 5.59. The standard InChI is InChI=1S/C22H28N2O5/c1-6-27-22(26)19-12(2)20(24-14(19)4)21(25)15(5)23-13(3)16-7-8-17-18(11-16)29-10-9-28-17/h7-8,11,13,15,23-24H,6,9-10H2,1-5H3/p+1/t13-,15-/m0/s1. The predicted molar refractivity (Wildman–Crippen MR) is 108 cm³/mol. The Morgan fingerprint density at radius 2 is 1.86 bits per heavy atom. The van der Waals surface area contributed by atoms with Gasteiger partial charge in [-0.3, -0.25) is 4.79 Å². The summed E-state index contributed by atoms with van der Waals surface area (Å²) in [5, 5.41) is 2.01. The maximum Gasteiger partial charge on any atom is 0.340 e. The van der Waals surface area contributed by atoms with E-state index in [1.54, 1.807) is 20.8 Å². The Bertz CT molecular complexity index is 918. The number of ether oxygens (including phenoxy) is 3. The quantitative estimate of drug-likeness (QED) is 0.549. The zero-order valence-corrected chi connectivity index (χ0v) is 17.6. The monoisotopic (exact) mass is 401 g/mol. The van der Waals surface area contributed by atoms with Gasteiger partial charge in [0, 0.05) is 11.3 Å². The normalized spacial score (nSPS) is 14.9. The summed E-state index contributed by atoms with van der Waals surface area (Å²) in [6.45, 7) is 10.6. The van der Waals surface area contributed by atoms with Crippen LogP contribution in [0.1, 0.15) is 64.5 Å². The highest BCUT2D eigenvalue weighted by molar-refractivity contribution is 6.03. The molecule has 7 nitrogen and oxygen atoms in total. The SMILES string of the molecule is CCOC(=O)c1c(C)[nH]c(C(=O)[C@H](C)[NH2+][C@@H](C)c2ccc3c(c2)OCCO3)c1C. The molecular formula is C22H29N2O5+. The van der Waals surface area contributed by atoms with E-state index in [9.17, 15) is 9.59 Å². The number of esters is 1. The first-order chi connectivity index (χ1) is 13.8. The summed E-state index contributed by atoms with van der Waals surface area (Å²) in [7, 11) is 0. The number of Topliss-reactive ketones (excluding diaryl/α,β-unsaturated/α-hetero) is 1. The van der Waals surface area contributed by atoms with Gasteiger partial charge in [-0.15, -0.1) is 0 Å². The molecule has 0 saturated carbocycles. The van der Waals surface area contributed by atoms with Gasteiger partial charge in [0.2, 0.25) is 5.78 Å². The van der Waals surface area contributed by atoms with E-state index in [2.05, 4.69) is 4.98 Å². The maximum absolute atomic E-state index is 13.1. The molecule has 0 amide bonds. The van der Waals surface area contributed by atoms with Crippen LogP contribution in [0.15, 0.2) is 18.2 Å². The third kappa shape index (κ3) is 4.29. The Balaban J connectivity index is 1.74. The minimum Gasteiger partial charge on any atom is -0.486 e. The lowest BCUT2D eigenvalue weighted by Gasteiger charge is -2.21. The number of hydrogen-bond donors (Lipinski definition) is 2. The van der Waals surface area contributed by atoms with Crippen LogP contribution in [0.4, 0.5) is 0 Å². The summed E-state index contributed by atoms with van der Waals surface area (Å²) in [5.41, 5.74) is 3.25. The number of quaternary nitrogens is 1. The number of carbonyl (C=O) groups excluding carboxylic acids is 2. The molecule has 3 rings (SSSR count). The van der Waals surface area contributed by atoms with Gasteiger partial charge < -0.3 is 24.5 Å². The van der Waals surface area contributed by atoms with Gasteiger partial charge in [-0.2, -0.15) is 0 Å². The van der Waals surface area contributed by atoms with Crippen LogP contribution in [0.3, 0.4) is 0 Å². The van der Waals surface area contributed by atoms with Gasteiger partial charge in [0.05, 0.1) is 17.9 Å². The van der Waals surface area contributed by atoms with Crippen LogP contribution in [-0.4, -0.2) is 42.6 Å². The Kier molecular flexibility index (Phi) is 6.27. The molecule has 2 aromatic rings. The minimum atomic E-state index is -0.404. The van der Waals surface area contributed by atoms with Crippen molar-refractivity contribution in [1.82, 2.24) is 4.98 Å². The number of nitrogens with two attached hydrogens (primary N) is 1. The summed E-state index contributed by atoms with van der Waals surface area (Å²) in [5.74, 6) is 1.04. The third-order valence-electron chi connectivity index (χ3n) is 5.25. The fourth-order valence-corrected chi connectivity index (χ4v) is 3.71. The molecule has 7 heteroatoms. The molecule has 0 aliphatic carbocycles. The van der Waals surface area contributed by atoms with E-state index < -0.39 is 5.97 Å². The van der Waals surface area contributed by atoms with Crippen LogP contribution in [0.25, 0.3) is 0 Å². The summed E-state index contributed by atoms with van der Waals surface area (Å²) in [6.07, 6.45) is 0. The number of H-pyrrole nitrogens is 1. The van der Waals surface area contributed by atoms with Gasteiger partial charge in [0.1, 0.15) is 25.3 Å². The van der Waals surface area contributed by atoms with Crippen LogP contribution in [0.5, 0.6) is 11.5 Å². The van der Waals surface area contributed by atoms with Crippen LogP contribution in [0.2, 0.25) is 0 Å². The molecule has 156 valence electrons. The zero-order chi connectivity index (χ0) is 21.1. The van der Waals surface area contributed by atoms with Crippen molar-refractivity contribution in [2.45, 2.75) is 46.7 Å². The van der Waals surface area contributed by atoms with Gasteiger partial charge in [-0.25, -0.2) is 4.79 Å². The topological polar surface area (TPSA) is 94.2 Å². The van der Waals surface area contributed by atoms with Gasteiger partial charge in [0.15, 0.2) is 11.5 Å². The van der Waals surface area contributed by atoms with Crippen molar-refractivity contribution in [3.63, 3.8) is 0 Å².